The second-order valence-corrected chi connectivity index (χ2v) is 6.96. The summed E-state index contributed by atoms with van der Waals surface area (Å²) < 4.78 is 0. The molecule has 0 spiro atoms. The molecule has 1 aliphatic carbocycles. The summed E-state index contributed by atoms with van der Waals surface area (Å²) in [5, 5.41) is 3.55. The lowest BCUT2D eigenvalue weighted by Crippen LogP contribution is -2.38. The largest absolute Gasteiger partial charge is 0.316 e. The van der Waals surface area contributed by atoms with Crippen LogP contribution in [-0.2, 0) is 6.54 Å². The van der Waals surface area contributed by atoms with E-state index in [1.54, 1.807) is 5.56 Å². The third kappa shape index (κ3) is 4.55. The highest BCUT2D eigenvalue weighted by atomic mass is 15.1. The van der Waals surface area contributed by atoms with Crippen molar-refractivity contribution in [2.24, 2.45) is 5.92 Å². The van der Waals surface area contributed by atoms with E-state index >= 15 is 0 Å². The normalized spacial score (nSPS) is 22.7. The highest BCUT2D eigenvalue weighted by Gasteiger charge is 2.23. The predicted molar refractivity (Wildman–Crippen MR) is 89.6 cm³/mol. The van der Waals surface area contributed by atoms with Crippen molar-refractivity contribution in [2.45, 2.75) is 51.5 Å². The average molecular weight is 286 g/mol. The van der Waals surface area contributed by atoms with Crippen LogP contribution in [0.25, 0.3) is 0 Å². The molecule has 0 amide bonds. The van der Waals surface area contributed by atoms with Crippen LogP contribution in [0.3, 0.4) is 0 Å². The molecule has 21 heavy (non-hydrogen) atoms. The summed E-state index contributed by atoms with van der Waals surface area (Å²) in [7, 11) is 0. The maximum Gasteiger partial charge on any atom is 0.0233 e. The Morgan fingerprint density at radius 2 is 1.95 bits per heavy atom. The Morgan fingerprint density at radius 3 is 2.57 bits per heavy atom. The van der Waals surface area contributed by atoms with Gasteiger partial charge in [-0.1, -0.05) is 31.2 Å². The van der Waals surface area contributed by atoms with Crippen LogP contribution in [0.1, 0.15) is 56.1 Å². The van der Waals surface area contributed by atoms with Gasteiger partial charge in [-0.3, -0.25) is 4.90 Å². The van der Waals surface area contributed by atoms with Crippen molar-refractivity contribution in [3.63, 3.8) is 0 Å². The Hall–Kier alpha value is -0.860. The number of hydrogen-bond acceptors (Lipinski definition) is 2. The second-order valence-electron chi connectivity index (χ2n) is 6.96. The Balaban J connectivity index is 1.55. The van der Waals surface area contributed by atoms with E-state index in [-0.39, 0.29) is 0 Å². The average Bonchev–Trinajstić information content (AvgIpc) is 3.34. The summed E-state index contributed by atoms with van der Waals surface area (Å²) in [4.78, 5) is 2.66. The fourth-order valence-electron chi connectivity index (χ4n) is 3.57. The zero-order valence-electron chi connectivity index (χ0n) is 13.5. The lowest BCUT2D eigenvalue weighted by atomic mass is 9.98. The highest BCUT2D eigenvalue weighted by Crippen LogP contribution is 2.39. The van der Waals surface area contributed by atoms with Crippen LogP contribution in [0.15, 0.2) is 24.3 Å². The monoisotopic (exact) mass is 286 g/mol. The minimum absolute atomic E-state index is 0.844. The number of rotatable bonds is 7. The van der Waals surface area contributed by atoms with Gasteiger partial charge in [-0.25, -0.2) is 0 Å². The fourth-order valence-corrected chi connectivity index (χ4v) is 3.57. The first-order valence-electron chi connectivity index (χ1n) is 8.87. The molecule has 1 aromatic rings. The molecule has 0 radical (unpaired) electrons. The smallest absolute Gasteiger partial charge is 0.0233 e. The van der Waals surface area contributed by atoms with E-state index < -0.39 is 0 Å². The Kier molecular flexibility index (Phi) is 5.32. The third-order valence-electron chi connectivity index (χ3n) is 4.89. The summed E-state index contributed by atoms with van der Waals surface area (Å²) in [6.45, 7) is 8.32. The molecule has 116 valence electrons. The van der Waals surface area contributed by atoms with Gasteiger partial charge in [-0.2, -0.15) is 0 Å². The van der Waals surface area contributed by atoms with Crippen molar-refractivity contribution >= 4 is 0 Å². The van der Waals surface area contributed by atoms with Gasteiger partial charge in [-0.15, -0.1) is 0 Å². The Morgan fingerprint density at radius 1 is 1.14 bits per heavy atom. The summed E-state index contributed by atoms with van der Waals surface area (Å²) in [6.07, 6.45) is 6.79. The van der Waals surface area contributed by atoms with Crippen LogP contribution in [0, 0.1) is 5.92 Å². The molecule has 1 N–H and O–H groups in total. The summed E-state index contributed by atoms with van der Waals surface area (Å²) in [5.41, 5.74) is 3.04. The number of benzene rings is 1. The molecule has 2 heteroatoms. The molecule has 2 nitrogen and oxygen atoms in total. The van der Waals surface area contributed by atoms with E-state index in [9.17, 15) is 0 Å². The molecule has 0 bridgehead atoms. The first-order chi connectivity index (χ1) is 10.3. The van der Waals surface area contributed by atoms with E-state index in [0.717, 1.165) is 18.4 Å². The van der Waals surface area contributed by atoms with Gasteiger partial charge < -0.3 is 5.32 Å². The molecule has 0 aromatic heterocycles. The predicted octanol–water partition coefficient (Wildman–Crippen LogP) is 3.78. The third-order valence-corrected chi connectivity index (χ3v) is 4.89. The van der Waals surface area contributed by atoms with Crippen molar-refractivity contribution in [1.82, 2.24) is 10.2 Å². The zero-order valence-corrected chi connectivity index (χ0v) is 13.5. The van der Waals surface area contributed by atoms with Crippen molar-refractivity contribution in [3.8, 4) is 0 Å². The molecule has 1 unspecified atom stereocenters. The fraction of sp³-hybridized carbons (Fsp3) is 0.684. The summed E-state index contributed by atoms with van der Waals surface area (Å²) >= 11 is 0. The maximum absolute atomic E-state index is 3.55. The first kappa shape index (κ1) is 15.1. The SMILES string of the molecule is CCCN(Cc1ccc(C2CC2)cc1)CC1CCCNC1. The first-order valence-corrected chi connectivity index (χ1v) is 8.87. The molecular weight excluding hydrogens is 256 g/mol. The van der Waals surface area contributed by atoms with Crippen LogP contribution in [0.5, 0.6) is 0 Å². The van der Waals surface area contributed by atoms with E-state index in [4.69, 9.17) is 0 Å². The van der Waals surface area contributed by atoms with E-state index in [1.165, 1.54) is 63.8 Å². The van der Waals surface area contributed by atoms with Crippen LogP contribution < -0.4 is 5.32 Å². The van der Waals surface area contributed by atoms with Crippen LogP contribution in [0.4, 0.5) is 0 Å². The van der Waals surface area contributed by atoms with E-state index in [2.05, 4.69) is 41.4 Å². The standard InChI is InChI=1S/C19H30N2/c1-2-12-21(15-17-4-3-11-20-13-17)14-16-5-7-18(8-6-16)19-9-10-19/h5-8,17,19-20H,2-4,9-15H2,1H3. The number of hydrogen-bond donors (Lipinski definition) is 1. The van der Waals surface area contributed by atoms with E-state index in [0.29, 0.717) is 0 Å². The summed E-state index contributed by atoms with van der Waals surface area (Å²) in [6, 6.07) is 9.43. The Bertz CT molecular complexity index is 416. The van der Waals surface area contributed by atoms with Gasteiger partial charge in [0.05, 0.1) is 0 Å². The number of nitrogens with one attached hydrogen (secondary N) is 1. The van der Waals surface area contributed by atoms with E-state index in [1.807, 2.05) is 0 Å². The quantitative estimate of drug-likeness (QED) is 0.820. The van der Waals surface area contributed by atoms with Gasteiger partial charge in [0.25, 0.3) is 0 Å². The van der Waals surface area contributed by atoms with Gasteiger partial charge >= 0.3 is 0 Å². The topological polar surface area (TPSA) is 15.3 Å². The lowest BCUT2D eigenvalue weighted by molar-refractivity contribution is 0.201. The highest BCUT2D eigenvalue weighted by molar-refractivity contribution is 5.28. The minimum Gasteiger partial charge on any atom is -0.316 e. The molecule has 1 aromatic carbocycles. The molecule has 3 rings (SSSR count). The van der Waals surface area contributed by atoms with Crippen LogP contribution in [0.2, 0.25) is 0 Å². The zero-order chi connectivity index (χ0) is 14.5. The second kappa shape index (κ2) is 7.42. The van der Waals surface area contributed by atoms with Crippen molar-refractivity contribution in [2.75, 3.05) is 26.2 Å². The molecular formula is C19H30N2. The maximum atomic E-state index is 3.55. The van der Waals surface area contributed by atoms with Crippen molar-refractivity contribution < 1.29 is 0 Å². The molecule has 1 atom stereocenters. The van der Waals surface area contributed by atoms with Gasteiger partial charge in [0.2, 0.25) is 0 Å². The molecule has 1 saturated heterocycles. The van der Waals surface area contributed by atoms with Gasteiger partial charge in [0.15, 0.2) is 0 Å². The van der Waals surface area contributed by atoms with Gasteiger partial charge in [-0.05, 0) is 74.7 Å². The molecule has 1 heterocycles. The van der Waals surface area contributed by atoms with Crippen molar-refractivity contribution in [3.05, 3.63) is 35.4 Å². The lowest BCUT2D eigenvalue weighted by Gasteiger charge is -2.30. The van der Waals surface area contributed by atoms with Crippen molar-refractivity contribution in [1.29, 1.82) is 0 Å². The molecule has 2 fully saturated rings. The van der Waals surface area contributed by atoms with Crippen LogP contribution >= 0.6 is 0 Å². The van der Waals surface area contributed by atoms with Gasteiger partial charge in [0, 0.05) is 13.1 Å². The number of piperidine rings is 1. The van der Waals surface area contributed by atoms with Gasteiger partial charge in [0.1, 0.15) is 0 Å². The van der Waals surface area contributed by atoms with Crippen LogP contribution in [-0.4, -0.2) is 31.1 Å². The molecule has 1 saturated carbocycles. The minimum atomic E-state index is 0.844. The number of nitrogens with zero attached hydrogens (tertiary/aromatic N) is 1. The summed E-state index contributed by atoms with van der Waals surface area (Å²) in [5.74, 6) is 1.72. The Labute approximate surface area is 129 Å². The molecule has 2 aliphatic rings. The molecule has 1 aliphatic heterocycles.